The zero-order valence-corrected chi connectivity index (χ0v) is 18.6. The summed E-state index contributed by atoms with van der Waals surface area (Å²) in [5.74, 6) is -2.08. The van der Waals surface area contributed by atoms with Crippen LogP contribution in [0.2, 0.25) is 0 Å². The summed E-state index contributed by atoms with van der Waals surface area (Å²) >= 11 is 0. The Labute approximate surface area is 187 Å². The molecule has 2 atom stereocenters. The number of hydrogen-bond donors (Lipinski definition) is 6. The summed E-state index contributed by atoms with van der Waals surface area (Å²) in [6, 6.07) is -2.51. The van der Waals surface area contributed by atoms with Gasteiger partial charge in [0.1, 0.15) is 6.04 Å². The topological polar surface area (TPSA) is 199 Å². The molecule has 0 aromatic heterocycles. The third kappa shape index (κ3) is 16.4. The highest BCUT2D eigenvalue weighted by Gasteiger charge is 2.29. The van der Waals surface area contributed by atoms with E-state index in [-0.39, 0.29) is 45.2 Å². The number of carbonyl (C=O) groups is 4. The smallest absolute Gasteiger partial charge is 0.318 e. The van der Waals surface area contributed by atoms with Gasteiger partial charge in [-0.15, -0.1) is 0 Å². The lowest BCUT2D eigenvalue weighted by Gasteiger charge is -2.24. The Morgan fingerprint density at radius 1 is 0.906 bits per heavy atom. The number of aliphatic hydroxyl groups excluding tert-OH is 2. The van der Waals surface area contributed by atoms with Gasteiger partial charge in [0, 0.05) is 6.42 Å². The van der Waals surface area contributed by atoms with Crippen molar-refractivity contribution in [3.05, 3.63) is 0 Å². The number of nitrogens with two attached hydrogens (primary N) is 1. The number of ether oxygens (including phenoxy) is 3. The molecular formula is C19H36N4O9. The zero-order valence-electron chi connectivity index (χ0n) is 18.6. The number of imide groups is 1. The van der Waals surface area contributed by atoms with Crippen LogP contribution in [0.5, 0.6) is 0 Å². The average Bonchev–Trinajstić information content (AvgIpc) is 2.70. The number of urea groups is 1. The normalized spacial score (nSPS) is 12.8. The van der Waals surface area contributed by atoms with Crippen molar-refractivity contribution in [2.45, 2.75) is 38.8 Å². The van der Waals surface area contributed by atoms with Crippen LogP contribution in [-0.2, 0) is 28.6 Å². The summed E-state index contributed by atoms with van der Waals surface area (Å²) < 4.78 is 15.5. The second-order valence-corrected chi connectivity index (χ2v) is 7.18. The summed E-state index contributed by atoms with van der Waals surface area (Å²) in [7, 11) is 0. The van der Waals surface area contributed by atoms with Crippen LogP contribution in [0.25, 0.3) is 0 Å². The highest BCUT2D eigenvalue weighted by atomic mass is 16.5. The van der Waals surface area contributed by atoms with Gasteiger partial charge in [0.05, 0.1) is 58.9 Å². The third-order valence-electron chi connectivity index (χ3n) is 3.84. The van der Waals surface area contributed by atoms with Gasteiger partial charge in [0.2, 0.25) is 11.8 Å². The molecule has 13 nitrogen and oxygen atoms in total. The van der Waals surface area contributed by atoms with Gasteiger partial charge in [-0.05, 0) is 12.3 Å². The van der Waals surface area contributed by atoms with Crippen molar-refractivity contribution in [3.63, 3.8) is 0 Å². The van der Waals surface area contributed by atoms with E-state index < -0.39 is 42.4 Å². The van der Waals surface area contributed by atoms with E-state index >= 15 is 0 Å². The first-order chi connectivity index (χ1) is 15.2. The highest BCUT2D eigenvalue weighted by Crippen LogP contribution is 2.08. The van der Waals surface area contributed by atoms with E-state index in [1.807, 2.05) is 19.2 Å². The van der Waals surface area contributed by atoms with Crippen molar-refractivity contribution in [1.29, 1.82) is 0 Å². The summed E-state index contributed by atoms with van der Waals surface area (Å²) in [4.78, 5) is 46.8. The molecule has 5 amide bonds. The van der Waals surface area contributed by atoms with Crippen LogP contribution in [0, 0.1) is 5.92 Å². The highest BCUT2D eigenvalue weighted by molar-refractivity contribution is 5.98. The maximum atomic E-state index is 12.1. The Morgan fingerprint density at radius 3 is 2.00 bits per heavy atom. The Kier molecular flexibility index (Phi) is 16.9. The number of amides is 5. The second kappa shape index (κ2) is 18.3. The van der Waals surface area contributed by atoms with Crippen LogP contribution >= 0.6 is 0 Å². The molecule has 0 radical (unpaired) electrons. The van der Waals surface area contributed by atoms with Crippen molar-refractivity contribution in [1.82, 2.24) is 16.0 Å². The number of rotatable bonds is 18. The van der Waals surface area contributed by atoms with Gasteiger partial charge in [-0.3, -0.25) is 19.7 Å². The average molecular weight is 465 g/mol. The molecule has 0 aliphatic heterocycles. The van der Waals surface area contributed by atoms with Crippen molar-refractivity contribution in [2.24, 2.45) is 11.7 Å². The van der Waals surface area contributed by atoms with Crippen LogP contribution in [-0.4, -0.2) is 98.9 Å². The van der Waals surface area contributed by atoms with Crippen LogP contribution in [0.4, 0.5) is 4.79 Å². The molecule has 186 valence electrons. The van der Waals surface area contributed by atoms with Crippen molar-refractivity contribution >= 4 is 23.8 Å². The van der Waals surface area contributed by atoms with Crippen molar-refractivity contribution in [3.8, 4) is 0 Å². The minimum Gasteiger partial charge on any atom is -0.394 e. The number of primary amides is 1. The molecule has 0 bridgehead atoms. The molecule has 0 aromatic rings. The third-order valence-corrected chi connectivity index (χ3v) is 3.84. The van der Waals surface area contributed by atoms with Crippen molar-refractivity contribution in [2.75, 3.05) is 52.8 Å². The van der Waals surface area contributed by atoms with Gasteiger partial charge >= 0.3 is 6.03 Å². The fourth-order valence-corrected chi connectivity index (χ4v) is 2.42. The maximum Gasteiger partial charge on any atom is 0.318 e. The first-order valence-electron chi connectivity index (χ1n) is 10.4. The predicted octanol–water partition coefficient (Wildman–Crippen LogP) is -2.38. The molecule has 0 spiro atoms. The number of hydrogen-bond acceptors (Lipinski definition) is 9. The molecule has 0 aromatic carbocycles. The van der Waals surface area contributed by atoms with Crippen LogP contribution in [0.15, 0.2) is 0 Å². The van der Waals surface area contributed by atoms with Crippen molar-refractivity contribution < 1.29 is 43.6 Å². The molecule has 13 heteroatoms. The molecule has 1 unspecified atom stereocenters. The van der Waals surface area contributed by atoms with Gasteiger partial charge in [-0.2, -0.15) is 0 Å². The van der Waals surface area contributed by atoms with E-state index in [9.17, 15) is 24.3 Å². The molecule has 0 heterocycles. The van der Waals surface area contributed by atoms with Crippen LogP contribution in [0.1, 0.15) is 26.7 Å². The summed E-state index contributed by atoms with van der Waals surface area (Å²) in [6.07, 6.45) is -1.04. The standard InChI is InChI=1S/C19H36N4O9/c1-13(2)11-14(25)17(18(28)23-19(20)29)22-16(27)12-21-15(26)3-5-30-7-9-32-10-8-31-6-4-24/h13-14,17,24-25H,3-12H2,1-2H3,(H,21,26)(H,22,27)(H3,20,23,28,29)/t14-,17?/m1/s1. The van der Waals surface area contributed by atoms with E-state index in [1.54, 1.807) is 0 Å². The largest absolute Gasteiger partial charge is 0.394 e. The van der Waals surface area contributed by atoms with E-state index in [2.05, 4.69) is 10.6 Å². The Bertz CT molecular complexity index is 575. The summed E-state index contributed by atoms with van der Waals surface area (Å²) in [5, 5.41) is 25.2. The molecular weight excluding hydrogens is 428 g/mol. The molecule has 7 N–H and O–H groups in total. The number of carbonyl (C=O) groups excluding carboxylic acids is 4. The van der Waals surface area contributed by atoms with Gasteiger partial charge in [-0.25, -0.2) is 4.79 Å². The van der Waals surface area contributed by atoms with Gasteiger partial charge in [0.15, 0.2) is 0 Å². The first-order valence-corrected chi connectivity index (χ1v) is 10.4. The zero-order chi connectivity index (χ0) is 24.4. The van der Waals surface area contributed by atoms with Gasteiger partial charge in [-0.1, -0.05) is 13.8 Å². The van der Waals surface area contributed by atoms with Gasteiger partial charge < -0.3 is 40.8 Å². The molecule has 0 rings (SSSR count). The Morgan fingerprint density at radius 2 is 1.47 bits per heavy atom. The monoisotopic (exact) mass is 464 g/mol. The molecule has 32 heavy (non-hydrogen) atoms. The molecule has 0 saturated carbocycles. The summed E-state index contributed by atoms with van der Waals surface area (Å²) in [6.45, 7) is 4.86. The number of aliphatic hydroxyl groups is 2. The van der Waals surface area contributed by atoms with E-state index in [4.69, 9.17) is 25.1 Å². The van der Waals surface area contributed by atoms with E-state index in [0.717, 1.165) is 0 Å². The fraction of sp³-hybridized carbons (Fsp3) is 0.789. The van der Waals surface area contributed by atoms with Crippen LogP contribution in [0.3, 0.4) is 0 Å². The second-order valence-electron chi connectivity index (χ2n) is 7.18. The molecule has 0 aliphatic carbocycles. The SMILES string of the molecule is CC(C)C[C@@H](O)C(NC(=O)CNC(=O)CCOCCOCCOCCO)C(=O)NC(N)=O. The predicted molar refractivity (Wildman–Crippen MR) is 112 cm³/mol. The lowest BCUT2D eigenvalue weighted by Crippen LogP contribution is -2.56. The maximum absolute atomic E-state index is 12.1. The Balaban J connectivity index is 4.14. The summed E-state index contributed by atoms with van der Waals surface area (Å²) in [5.41, 5.74) is 4.92. The molecule has 0 saturated heterocycles. The minimum absolute atomic E-state index is 0.00839. The lowest BCUT2D eigenvalue weighted by atomic mass is 9.99. The van der Waals surface area contributed by atoms with E-state index in [0.29, 0.717) is 19.8 Å². The quantitative estimate of drug-likeness (QED) is 0.120. The Hall–Kier alpha value is -2.32. The lowest BCUT2D eigenvalue weighted by molar-refractivity contribution is -0.132. The molecule has 0 fully saturated rings. The van der Waals surface area contributed by atoms with Crippen LogP contribution < -0.4 is 21.7 Å². The molecule has 0 aliphatic rings. The van der Waals surface area contributed by atoms with Gasteiger partial charge in [0.25, 0.3) is 5.91 Å². The minimum atomic E-state index is -1.40. The fourth-order valence-electron chi connectivity index (χ4n) is 2.42. The first kappa shape index (κ1) is 29.7. The number of nitrogens with one attached hydrogen (secondary N) is 3. The van der Waals surface area contributed by atoms with E-state index in [1.165, 1.54) is 0 Å².